The normalized spacial score (nSPS) is 19.2. The maximum Gasteiger partial charge on any atom is 0.326 e. The number of rotatable bonds is 3. The summed E-state index contributed by atoms with van der Waals surface area (Å²) in [6.07, 6.45) is -0.238. The molecule has 0 aromatic heterocycles. The van der Waals surface area contributed by atoms with Crippen molar-refractivity contribution in [3.05, 3.63) is 34.3 Å². The topological polar surface area (TPSA) is 55.8 Å². The van der Waals surface area contributed by atoms with Crippen molar-refractivity contribution in [3.63, 3.8) is 0 Å². The summed E-state index contributed by atoms with van der Waals surface area (Å²) in [6.45, 7) is 5.67. The minimum absolute atomic E-state index is 0.0278. The van der Waals surface area contributed by atoms with Gasteiger partial charge in [0.25, 0.3) is 0 Å². The molecule has 2 rings (SSSR count). The Labute approximate surface area is 138 Å². The highest BCUT2D eigenvalue weighted by molar-refractivity contribution is 9.10. The van der Waals surface area contributed by atoms with Crippen molar-refractivity contribution in [1.29, 1.82) is 0 Å². The average molecular weight is 370 g/mol. The van der Waals surface area contributed by atoms with Gasteiger partial charge >= 0.3 is 5.97 Å². The minimum atomic E-state index is -0.559. The molecule has 6 heteroatoms. The fourth-order valence-electron chi connectivity index (χ4n) is 2.21. The summed E-state index contributed by atoms with van der Waals surface area (Å²) >= 11 is 3.42. The molecule has 1 atom stereocenters. The van der Waals surface area contributed by atoms with Crippen molar-refractivity contribution >= 4 is 27.8 Å². The monoisotopic (exact) mass is 369 g/mol. The molecule has 0 radical (unpaired) electrons. The van der Waals surface area contributed by atoms with Crippen LogP contribution in [0.15, 0.2) is 28.7 Å². The molecule has 1 fully saturated rings. The first-order chi connectivity index (χ1) is 10.2. The Morgan fingerprint density at radius 2 is 2.18 bits per heavy atom. The SMILES string of the molecule is CC(C)(C)OC(=O)CN1CC(c2cccc(Br)c2)OCC1=O. The van der Waals surface area contributed by atoms with Crippen LogP contribution in [-0.4, -0.2) is 42.1 Å². The number of hydrogen-bond donors (Lipinski definition) is 0. The smallest absolute Gasteiger partial charge is 0.326 e. The molecular formula is C16H20BrNO4. The maximum atomic E-state index is 11.9. The fraction of sp³-hybridized carbons (Fsp3) is 0.500. The quantitative estimate of drug-likeness (QED) is 0.768. The van der Waals surface area contributed by atoms with E-state index in [9.17, 15) is 9.59 Å². The van der Waals surface area contributed by atoms with Crippen LogP contribution in [0.3, 0.4) is 0 Å². The van der Waals surface area contributed by atoms with Gasteiger partial charge in [0.05, 0.1) is 6.54 Å². The van der Waals surface area contributed by atoms with Crippen LogP contribution in [0.2, 0.25) is 0 Å². The largest absolute Gasteiger partial charge is 0.459 e. The number of amides is 1. The molecule has 0 aliphatic carbocycles. The van der Waals surface area contributed by atoms with Gasteiger partial charge in [0.15, 0.2) is 0 Å². The van der Waals surface area contributed by atoms with Gasteiger partial charge in [0.1, 0.15) is 24.9 Å². The molecule has 1 heterocycles. The lowest BCUT2D eigenvalue weighted by molar-refractivity contribution is -0.165. The summed E-state index contributed by atoms with van der Waals surface area (Å²) in [6, 6.07) is 7.73. The van der Waals surface area contributed by atoms with Crippen molar-refractivity contribution in [2.75, 3.05) is 19.7 Å². The number of nitrogens with zero attached hydrogens (tertiary/aromatic N) is 1. The number of benzene rings is 1. The second-order valence-corrected chi connectivity index (χ2v) is 7.13. The Hall–Kier alpha value is -1.40. The lowest BCUT2D eigenvalue weighted by Crippen LogP contribution is -2.46. The number of ether oxygens (including phenoxy) is 2. The second-order valence-electron chi connectivity index (χ2n) is 6.22. The molecule has 0 N–H and O–H groups in total. The first-order valence-corrected chi connectivity index (χ1v) is 7.90. The fourth-order valence-corrected chi connectivity index (χ4v) is 2.63. The summed E-state index contributed by atoms with van der Waals surface area (Å²) < 4.78 is 11.8. The van der Waals surface area contributed by atoms with Crippen molar-refractivity contribution < 1.29 is 19.1 Å². The lowest BCUT2D eigenvalue weighted by Gasteiger charge is -2.33. The summed E-state index contributed by atoms with van der Waals surface area (Å²) in [5, 5.41) is 0. The van der Waals surface area contributed by atoms with E-state index in [1.165, 1.54) is 4.90 Å². The van der Waals surface area contributed by atoms with E-state index >= 15 is 0 Å². The third-order valence-corrected chi connectivity index (χ3v) is 3.60. The van der Waals surface area contributed by atoms with Gasteiger partial charge in [-0.15, -0.1) is 0 Å². The Balaban J connectivity index is 2.02. The molecule has 1 unspecified atom stereocenters. The minimum Gasteiger partial charge on any atom is -0.459 e. The molecule has 0 saturated carbocycles. The van der Waals surface area contributed by atoms with Gasteiger partial charge in [0.2, 0.25) is 5.91 Å². The Kier molecular flexibility index (Phi) is 5.24. The molecule has 1 aliphatic heterocycles. The van der Waals surface area contributed by atoms with Crippen LogP contribution in [-0.2, 0) is 19.1 Å². The molecule has 0 bridgehead atoms. The first kappa shape index (κ1) is 17.0. The van der Waals surface area contributed by atoms with E-state index in [0.29, 0.717) is 6.54 Å². The van der Waals surface area contributed by atoms with Gasteiger partial charge in [-0.25, -0.2) is 0 Å². The molecule has 22 heavy (non-hydrogen) atoms. The molecule has 5 nitrogen and oxygen atoms in total. The van der Waals surface area contributed by atoms with E-state index in [0.717, 1.165) is 10.0 Å². The zero-order valence-electron chi connectivity index (χ0n) is 13.0. The van der Waals surface area contributed by atoms with E-state index < -0.39 is 11.6 Å². The van der Waals surface area contributed by atoms with E-state index in [-0.39, 0.29) is 25.2 Å². The zero-order chi connectivity index (χ0) is 16.3. The van der Waals surface area contributed by atoms with Crippen LogP contribution in [0.4, 0.5) is 0 Å². The first-order valence-electron chi connectivity index (χ1n) is 7.11. The number of carbonyl (C=O) groups excluding carboxylic acids is 2. The zero-order valence-corrected chi connectivity index (χ0v) is 14.6. The molecule has 1 aliphatic rings. The van der Waals surface area contributed by atoms with Gasteiger partial charge in [0, 0.05) is 4.47 Å². The predicted molar refractivity (Wildman–Crippen MR) is 85.3 cm³/mol. The van der Waals surface area contributed by atoms with Crippen LogP contribution in [0, 0.1) is 0 Å². The highest BCUT2D eigenvalue weighted by Crippen LogP contribution is 2.25. The van der Waals surface area contributed by atoms with Crippen molar-refractivity contribution in [2.24, 2.45) is 0 Å². The van der Waals surface area contributed by atoms with E-state index in [2.05, 4.69) is 15.9 Å². The van der Waals surface area contributed by atoms with E-state index in [1.54, 1.807) is 20.8 Å². The molecule has 120 valence electrons. The Morgan fingerprint density at radius 1 is 1.45 bits per heavy atom. The highest BCUT2D eigenvalue weighted by Gasteiger charge is 2.30. The van der Waals surface area contributed by atoms with Crippen molar-refractivity contribution in [1.82, 2.24) is 4.90 Å². The Bertz CT molecular complexity index is 568. The molecule has 1 saturated heterocycles. The number of hydrogen-bond acceptors (Lipinski definition) is 4. The molecule has 1 amide bonds. The van der Waals surface area contributed by atoms with Crippen LogP contribution >= 0.6 is 15.9 Å². The second kappa shape index (κ2) is 6.79. The summed E-state index contributed by atoms with van der Waals surface area (Å²) in [4.78, 5) is 25.3. The summed E-state index contributed by atoms with van der Waals surface area (Å²) in [7, 11) is 0. The maximum absolute atomic E-state index is 11.9. The molecule has 1 aromatic rings. The lowest BCUT2D eigenvalue weighted by atomic mass is 10.1. The molecular weight excluding hydrogens is 350 g/mol. The van der Waals surface area contributed by atoms with E-state index in [4.69, 9.17) is 9.47 Å². The third-order valence-electron chi connectivity index (χ3n) is 3.11. The van der Waals surface area contributed by atoms with Crippen LogP contribution in [0.25, 0.3) is 0 Å². The number of morpholine rings is 1. The van der Waals surface area contributed by atoms with Crippen LogP contribution < -0.4 is 0 Å². The number of carbonyl (C=O) groups is 2. The van der Waals surface area contributed by atoms with Gasteiger partial charge in [-0.2, -0.15) is 0 Å². The molecule has 1 aromatic carbocycles. The van der Waals surface area contributed by atoms with Crippen molar-refractivity contribution in [2.45, 2.75) is 32.5 Å². The van der Waals surface area contributed by atoms with Gasteiger partial charge in [-0.3, -0.25) is 9.59 Å². The third kappa shape index (κ3) is 4.81. The van der Waals surface area contributed by atoms with Gasteiger partial charge < -0.3 is 14.4 Å². The number of halogens is 1. The summed E-state index contributed by atoms with van der Waals surface area (Å²) in [5.74, 6) is -0.604. The van der Waals surface area contributed by atoms with Crippen molar-refractivity contribution in [3.8, 4) is 0 Å². The van der Waals surface area contributed by atoms with Gasteiger partial charge in [-0.1, -0.05) is 28.1 Å². The standard InChI is InChI=1S/C16H20BrNO4/c1-16(2,3)22-15(20)9-18-8-13(21-10-14(18)19)11-5-4-6-12(17)7-11/h4-7,13H,8-10H2,1-3H3. The molecule has 0 spiro atoms. The summed E-state index contributed by atoms with van der Waals surface area (Å²) in [5.41, 5.74) is 0.409. The predicted octanol–water partition coefficient (Wildman–Crippen LogP) is 2.69. The van der Waals surface area contributed by atoms with Crippen LogP contribution in [0.1, 0.15) is 32.4 Å². The highest BCUT2D eigenvalue weighted by atomic mass is 79.9. The number of esters is 1. The average Bonchev–Trinajstić information content (AvgIpc) is 2.39. The Morgan fingerprint density at radius 3 is 2.82 bits per heavy atom. The van der Waals surface area contributed by atoms with Crippen LogP contribution in [0.5, 0.6) is 0 Å². The van der Waals surface area contributed by atoms with E-state index in [1.807, 2.05) is 24.3 Å². The van der Waals surface area contributed by atoms with Gasteiger partial charge in [-0.05, 0) is 38.5 Å².